The first kappa shape index (κ1) is 23.3. The van der Waals surface area contributed by atoms with E-state index < -0.39 is 12.0 Å². The molecule has 0 bridgehead atoms. The maximum Gasteiger partial charge on any atom is 0.321 e. The summed E-state index contributed by atoms with van der Waals surface area (Å²) >= 11 is 1.57. The minimum absolute atomic E-state index is 0.00675. The molecule has 1 aliphatic rings. The molecular formula is C24H31NO5S. The summed E-state index contributed by atoms with van der Waals surface area (Å²) in [7, 11) is 1.60. The van der Waals surface area contributed by atoms with Gasteiger partial charge in [0.2, 0.25) is 0 Å². The van der Waals surface area contributed by atoms with Crippen LogP contribution >= 0.6 is 11.8 Å². The van der Waals surface area contributed by atoms with Crippen molar-refractivity contribution in [2.45, 2.75) is 44.5 Å². The topological polar surface area (TPSA) is 77.0 Å². The standard InChI is InChI=1S/C24H31NO5S/c1-15-6-8-19(17(12-15)24(2,3)4)29-10-11-30-20-9-7-16(13-21(20)28-5)22-25-18(14-31-22)23(26)27/h6-9,12-13,18,22,25H,10-11,14H2,1-5H3,(H,26,27). The smallest absolute Gasteiger partial charge is 0.321 e. The third-order valence-corrected chi connectivity index (χ3v) is 6.38. The van der Waals surface area contributed by atoms with Crippen LogP contribution in [0.15, 0.2) is 36.4 Å². The molecule has 1 aliphatic heterocycles. The van der Waals surface area contributed by atoms with Crippen LogP contribution in [0.1, 0.15) is 42.8 Å². The second-order valence-electron chi connectivity index (χ2n) is 8.63. The van der Waals surface area contributed by atoms with E-state index in [1.165, 1.54) is 11.1 Å². The molecule has 1 heterocycles. The number of aliphatic carboxylic acids is 1. The van der Waals surface area contributed by atoms with Gasteiger partial charge in [-0.3, -0.25) is 10.1 Å². The highest BCUT2D eigenvalue weighted by atomic mass is 32.2. The number of carboxylic acid groups (broad SMARTS) is 1. The number of carbonyl (C=O) groups is 1. The van der Waals surface area contributed by atoms with E-state index in [0.29, 0.717) is 30.5 Å². The lowest BCUT2D eigenvalue weighted by Crippen LogP contribution is -2.33. The molecule has 2 atom stereocenters. The van der Waals surface area contributed by atoms with Crippen molar-refractivity contribution in [1.29, 1.82) is 0 Å². The first-order valence-corrected chi connectivity index (χ1v) is 11.4. The fourth-order valence-corrected chi connectivity index (χ4v) is 4.66. The number of ether oxygens (including phenoxy) is 3. The molecule has 0 saturated carbocycles. The Hall–Kier alpha value is -2.38. The van der Waals surface area contributed by atoms with Gasteiger partial charge in [-0.25, -0.2) is 0 Å². The Kier molecular flexibility index (Phi) is 7.38. The number of thioether (sulfide) groups is 1. The van der Waals surface area contributed by atoms with Crippen molar-refractivity contribution in [3.8, 4) is 17.2 Å². The fraction of sp³-hybridized carbons (Fsp3) is 0.458. The number of methoxy groups -OCH3 is 1. The Bertz CT molecular complexity index is 925. The summed E-state index contributed by atoms with van der Waals surface area (Å²) < 4.78 is 17.4. The van der Waals surface area contributed by atoms with Crippen LogP contribution in [0.5, 0.6) is 17.2 Å². The van der Waals surface area contributed by atoms with E-state index >= 15 is 0 Å². The summed E-state index contributed by atoms with van der Waals surface area (Å²) in [6, 6.07) is 11.4. The van der Waals surface area contributed by atoms with Crippen LogP contribution in [0.4, 0.5) is 0 Å². The molecule has 1 saturated heterocycles. The van der Waals surface area contributed by atoms with Gasteiger partial charge in [0.25, 0.3) is 0 Å². The minimum Gasteiger partial charge on any atom is -0.493 e. The van der Waals surface area contributed by atoms with Crippen molar-refractivity contribution in [1.82, 2.24) is 5.32 Å². The summed E-state index contributed by atoms with van der Waals surface area (Å²) in [5.41, 5.74) is 3.34. The maximum absolute atomic E-state index is 11.2. The van der Waals surface area contributed by atoms with Crippen molar-refractivity contribution < 1.29 is 24.1 Å². The molecule has 168 valence electrons. The van der Waals surface area contributed by atoms with Crippen LogP contribution in [0.25, 0.3) is 0 Å². The van der Waals surface area contributed by atoms with Gasteiger partial charge in [0.15, 0.2) is 11.5 Å². The van der Waals surface area contributed by atoms with E-state index in [9.17, 15) is 4.79 Å². The van der Waals surface area contributed by atoms with E-state index in [1.54, 1.807) is 18.9 Å². The van der Waals surface area contributed by atoms with Crippen LogP contribution < -0.4 is 19.5 Å². The van der Waals surface area contributed by atoms with Gasteiger partial charge in [0.05, 0.1) is 12.5 Å². The Balaban J connectivity index is 1.60. The molecule has 2 aromatic rings. The van der Waals surface area contributed by atoms with Gasteiger partial charge >= 0.3 is 5.97 Å². The van der Waals surface area contributed by atoms with Gasteiger partial charge in [-0.1, -0.05) is 44.5 Å². The van der Waals surface area contributed by atoms with Gasteiger partial charge in [0.1, 0.15) is 25.0 Å². The molecule has 2 N–H and O–H groups in total. The largest absolute Gasteiger partial charge is 0.493 e. The number of benzene rings is 2. The van der Waals surface area contributed by atoms with Crippen LogP contribution in [-0.4, -0.2) is 43.2 Å². The van der Waals surface area contributed by atoms with Crippen LogP contribution in [0, 0.1) is 6.92 Å². The molecule has 2 unspecified atom stereocenters. The normalized spacial score (nSPS) is 18.6. The zero-order valence-corrected chi connectivity index (χ0v) is 19.5. The highest BCUT2D eigenvalue weighted by molar-refractivity contribution is 7.99. The SMILES string of the molecule is COc1cc(C2NC(C(=O)O)CS2)ccc1OCCOc1ccc(C)cc1C(C)(C)C. The second kappa shape index (κ2) is 9.83. The summed E-state index contributed by atoms with van der Waals surface area (Å²) in [6.07, 6.45) is 0. The molecule has 7 heteroatoms. The van der Waals surface area contributed by atoms with Gasteiger partial charge in [0, 0.05) is 5.75 Å². The summed E-state index contributed by atoms with van der Waals surface area (Å²) in [4.78, 5) is 11.2. The molecule has 6 nitrogen and oxygen atoms in total. The Labute approximate surface area is 188 Å². The van der Waals surface area contributed by atoms with Crippen LogP contribution in [-0.2, 0) is 10.2 Å². The number of rotatable bonds is 8. The zero-order chi connectivity index (χ0) is 22.6. The van der Waals surface area contributed by atoms with Crippen LogP contribution in [0.2, 0.25) is 0 Å². The van der Waals surface area contributed by atoms with Gasteiger partial charge in [-0.15, -0.1) is 11.8 Å². The molecule has 1 fully saturated rings. The van der Waals surface area contributed by atoms with Crippen molar-refractivity contribution in [3.63, 3.8) is 0 Å². The lowest BCUT2D eigenvalue weighted by atomic mass is 9.85. The average Bonchev–Trinajstić information content (AvgIpc) is 3.22. The highest BCUT2D eigenvalue weighted by Gasteiger charge is 2.30. The first-order valence-electron chi connectivity index (χ1n) is 10.3. The molecule has 2 aromatic carbocycles. The molecule has 0 aromatic heterocycles. The van der Waals surface area contributed by atoms with E-state index in [0.717, 1.165) is 11.3 Å². The number of hydrogen-bond acceptors (Lipinski definition) is 6. The average molecular weight is 446 g/mol. The minimum atomic E-state index is -0.829. The summed E-state index contributed by atoms with van der Waals surface area (Å²) in [5, 5.41) is 12.2. The molecule has 0 aliphatic carbocycles. The number of hydrogen-bond donors (Lipinski definition) is 2. The molecule has 0 amide bonds. The Morgan fingerprint density at radius 3 is 2.39 bits per heavy atom. The monoisotopic (exact) mass is 445 g/mol. The Morgan fingerprint density at radius 2 is 1.77 bits per heavy atom. The molecule has 3 rings (SSSR count). The van der Waals surface area contributed by atoms with Crippen molar-refractivity contribution in [2.24, 2.45) is 0 Å². The number of aryl methyl sites for hydroxylation is 1. The molecular weight excluding hydrogens is 414 g/mol. The Morgan fingerprint density at radius 1 is 1.10 bits per heavy atom. The number of carboxylic acids is 1. The highest BCUT2D eigenvalue weighted by Crippen LogP contribution is 2.37. The van der Waals surface area contributed by atoms with Gasteiger partial charge in [-0.05, 0) is 41.7 Å². The third-order valence-electron chi connectivity index (χ3n) is 5.11. The predicted molar refractivity (Wildman–Crippen MR) is 124 cm³/mol. The molecule has 0 spiro atoms. The first-order chi connectivity index (χ1) is 14.7. The lowest BCUT2D eigenvalue weighted by molar-refractivity contribution is -0.138. The van der Waals surface area contributed by atoms with Crippen molar-refractivity contribution >= 4 is 17.7 Å². The summed E-state index contributed by atoms with van der Waals surface area (Å²) in [5.74, 6) is 1.83. The molecule has 0 radical (unpaired) electrons. The maximum atomic E-state index is 11.2. The lowest BCUT2D eigenvalue weighted by Gasteiger charge is -2.23. The second-order valence-corrected chi connectivity index (χ2v) is 9.77. The van der Waals surface area contributed by atoms with Crippen molar-refractivity contribution in [3.05, 3.63) is 53.1 Å². The third kappa shape index (κ3) is 5.86. The fourth-order valence-electron chi connectivity index (χ4n) is 3.43. The van der Waals surface area contributed by atoms with Gasteiger partial charge in [-0.2, -0.15) is 0 Å². The van der Waals surface area contributed by atoms with E-state index in [1.807, 2.05) is 24.3 Å². The van der Waals surface area contributed by atoms with Crippen molar-refractivity contribution in [2.75, 3.05) is 26.1 Å². The van der Waals surface area contributed by atoms with Gasteiger partial charge < -0.3 is 19.3 Å². The molecule has 31 heavy (non-hydrogen) atoms. The van der Waals surface area contributed by atoms with Crippen LogP contribution in [0.3, 0.4) is 0 Å². The summed E-state index contributed by atoms with van der Waals surface area (Å²) in [6.45, 7) is 9.40. The quantitative estimate of drug-likeness (QED) is 0.577. The van der Waals surface area contributed by atoms with E-state index in [-0.39, 0.29) is 10.8 Å². The van der Waals surface area contributed by atoms with E-state index in [4.69, 9.17) is 19.3 Å². The number of nitrogens with one attached hydrogen (secondary N) is 1. The zero-order valence-electron chi connectivity index (χ0n) is 18.7. The van der Waals surface area contributed by atoms with E-state index in [2.05, 4.69) is 45.1 Å². The predicted octanol–water partition coefficient (Wildman–Crippen LogP) is 4.55.